The molecule has 0 bridgehead atoms. The molecule has 25 heavy (non-hydrogen) atoms. The van der Waals surface area contributed by atoms with Crippen LogP contribution in [0.4, 0.5) is 0 Å². The average molecular weight is 369 g/mol. The number of hydrogen-bond donors (Lipinski definition) is 1. The number of hydrogen-bond acceptors (Lipinski definition) is 6. The number of methoxy groups -OCH3 is 1. The monoisotopic (exact) mass is 369 g/mol. The van der Waals surface area contributed by atoms with Gasteiger partial charge in [0.05, 0.1) is 18.5 Å². The molecule has 8 heteroatoms. The van der Waals surface area contributed by atoms with E-state index in [0.29, 0.717) is 18.3 Å². The zero-order chi connectivity index (χ0) is 17.9. The lowest BCUT2D eigenvalue weighted by Crippen LogP contribution is -2.64. The molecule has 0 amide bonds. The topological polar surface area (TPSA) is 80.8 Å². The number of likely N-dealkylation sites (tertiary alicyclic amines) is 1. The molecule has 1 spiro atoms. The molecule has 1 aromatic rings. The van der Waals surface area contributed by atoms with E-state index in [1.807, 2.05) is 12.1 Å². The molecule has 3 rings (SSSR count). The Bertz CT molecular complexity index is 689. The number of aromatic nitrogens is 1. The summed E-state index contributed by atoms with van der Waals surface area (Å²) in [6, 6.07) is 3.95. The fourth-order valence-corrected chi connectivity index (χ4v) is 4.46. The lowest BCUT2D eigenvalue weighted by molar-refractivity contribution is -0.136. The molecular formula is C17H27N3O4S. The summed E-state index contributed by atoms with van der Waals surface area (Å²) < 4.78 is 37.2. The van der Waals surface area contributed by atoms with E-state index in [4.69, 9.17) is 9.47 Å². The fraction of sp³-hybridized carbons (Fsp3) is 0.706. The lowest BCUT2D eigenvalue weighted by atomic mass is 9.79. The minimum atomic E-state index is -3.12. The van der Waals surface area contributed by atoms with Crippen molar-refractivity contribution in [2.24, 2.45) is 5.92 Å². The molecule has 0 aliphatic carbocycles. The smallest absolute Gasteiger partial charge is 0.217 e. The van der Waals surface area contributed by atoms with Crippen LogP contribution < -0.4 is 9.46 Å². The normalized spacial score (nSPS) is 22.9. The van der Waals surface area contributed by atoms with Crippen LogP contribution in [0.5, 0.6) is 5.88 Å². The predicted octanol–water partition coefficient (Wildman–Crippen LogP) is 1.01. The molecule has 1 aromatic heterocycles. The molecule has 0 unspecified atom stereocenters. The number of nitrogens with zero attached hydrogens (tertiary/aromatic N) is 2. The molecule has 1 atom stereocenters. The summed E-state index contributed by atoms with van der Waals surface area (Å²) in [6.45, 7) is 5.43. The summed E-state index contributed by atoms with van der Waals surface area (Å²) in [4.78, 5) is 6.57. The van der Waals surface area contributed by atoms with E-state index in [1.165, 1.54) is 0 Å². The molecule has 140 valence electrons. The van der Waals surface area contributed by atoms with Crippen LogP contribution >= 0.6 is 0 Å². The maximum absolute atomic E-state index is 11.6. The quantitative estimate of drug-likeness (QED) is 0.737. The zero-order valence-corrected chi connectivity index (χ0v) is 15.7. The van der Waals surface area contributed by atoms with Crippen molar-refractivity contribution in [2.75, 3.05) is 39.1 Å². The predicted molar refractivity (Wildman–Crippen MR) is 94.9 cm³/mol. The van der Waals surface area contributed by atoms with Crippen molar-refractivity contribution < 1.29 is 17.9 Å². The van der Waals surface area contributed by atoms with Gasteiger partial charge in [0.15, 0.2) is 0 Å². The van der Waals surface area contributed by atoms with Crippen LogP contribution in [0.1, 0.15) is 25.3 Å². The highest BCUT2D eigenvalue weighted by atomic mass is 32.2. The highest BCUT2D eigenvalue weighted by molar-refractivity contribution is 7.89. The molecule has 2 saturated heterocycles. The van der Waals surface area contributed by atoms with E-state index in [2.05, 4.69) is 14.6 Å². The Hall–Kier alpha value is -1.22. The second kappa shape index (κ2) is 7.57. The Morgan fingerprint density at radius 1 is 1.48 bits per heavy atom. The minimum Gasteiger partial charge on any atom is -0.481 e. The van der Waals surface area contributed by atoms with Gasteiger partial charge >= 0.3 is 0 Å². The maximum Gasteiger partial charge on any atom is 0.217 e. The summed E-state index contributed by atoms with van der Waals surface area (Å²) in [6.07, 6.45) is 3.55. The number of ether oxygens (including phenoxy) is 2. The van der Waals surface area contributed by atoms with Crippen molar-refractivity contribution in [3.63, 3.8) is 0 Å². The number of pyridine rings is 1. The fourth-order valence-electron chi connectivity index (χ4n) is 3.82. The molecule has 1 N–H and O–H groups in total. The lowest BCUT2D eigenvalue weighted by Gasteiger charge is -2.50. The first kappa shape index (κ1) is 18.6. The molecule has 0 radical (unpaired) electrons. The van der Waals surface area contributed by atoms with E-state index in [1.54, 1.807) is 20.2 Å². The van der Waals surface area contributed by atoms with Gasteiger partial charge in [-0.25, -0.2) is 18.1 Å². The summed E-state index contributed by atoms with van der Waals surface area (Å²) in [5.74, 6) is 1.19. The third kappa shape index (κ3) is 4.13. The van der Waals surface area contributed by atoms with E-state index in [-0.39, 0.29) is 11.4 Å². The van der Waals surface area contributed by atoms with Crippen LogP contribution in [0, 0.1) is 5.92 Å². The molecule has 0 aromatic carbocycles. The van der Waals surface area contributed by atoms with Crippen LogP contribution in [0.25, 0.3) is 0 Å². The first-order valence-electron chi connectivity index (χ1n) is 8.79. The van der Waals surface area contributed by atoms with Crippen LogP contribution in [-0.2, 0) is 21.3 Å². The van der Waals surface area contributed by atoms with Gasteiger partial charge in [-0.3, -0.25) is 4.90 Å². The Labute approximate surface area is 149 Å². The first-order valence-corrected chi connectivity index (χ1v) is 10.4. The Balaban J connectivity index is 1.52. The van der Waals surface area contributed by atoms with Gasteiger partial charge in [-0.1, -0.05) is 6.07 Å². The summed E-state index contributed by atoms with van der Waals surface area (Å²) >= 11 is 0. The van der Waals surface area contributed by atoms with E-state index < -0.39 is 10.0 Å². The molecule has 2 aliphatic rings. The van der Waals surface area contributed by atoms with Crippen LogP contribution in [0.2, 0.25) is 0 Å². The molecular weight excluding hydrogens is 342 g/mol. The second-order valence-electron chi connectivity index (χ2n) is 6.80. The van der Waals surface area contributed by atoms with Gasteiger partial charge in [0.1, 0.15) is 0 Å². The van der Waals surface area contributed by atoms with Gasteiger partial charge in [-0.2, -0.15) is 0 Å². The van der Waals surface area contributed by atoms with Gasteiger partial charge < -0.3 is 9.47 Å². The first-order chi connectivity index (χ1) is 12.0. The summed E-state index contributed by atoms with van der Waals surface area (Å²) in [5.41, 5.74) is 0.956. The Morgan fingerprint density at radius 2 is 2.28 bits per heavy atom. The van der Waals surface area contributed by atoms with E-state index in [0.717, 1.165) is 44.6 Å². The van der Waals surface area contributed by atoms with Crippen molar-refractivity contribution in [3.05, 3.63) is 23.9 Å². The van der Waals surface area contributed by atoms with E-state index in [9.17, 15) is 8.42 Å². The molecule has 7 nitrogen and oxygen atoms in total. The van der Waals surface area contributed by atoms with Crippen molar-refractivity contribution in [1.29, 1.82) is 0 Å². The van der Waals surface area contributed by atoms with Gasteiger partial charge in [0.2, 0.25) is 15.9 Å². The minimum absolute atomic E-state index is 0.118. The van der Waals surface area contributed by atoms with Gasteiger partial charge in [-0.05, 0) is 31.7 Å². The molecule has 0 saturated carbocycles. The summed E-state index contributed by atoms with van der Waals surface area (Å²) in [5, 5.41) is 0. The maximum atomic E-state index is 11.6. The Kier molecular flexibility index (Phi) is 5.62. The molecule has 3 heterocycles. The molecule has 2 fully saturated rings. The standard InChI is InChI=1S/C17H27N3O4S/c1-3-25(21,22)19-9-6-15-7-10-24-17(15)12-20(13-17)11-14-5-4-8-18-16(14)23-2/h4-5,8,15,19H,3,6-7,9-13H2,1-2H3/t15-/m0/s1. The van der Waals surface area contributed by atoms with Crippen molar-refractivity contribution >= 4 is 10.0 Å². The van der Waals surface area contributed by atoms with Gasteiger partial charge in [0, 0.05) is 44.5 Å². The second-order valence-corrected chi connectivity index (χ2v) is 8.90. The number of sulfonamides is 1. The van der Waals surface area contributed by atoms with Gasteiger partial charge in [0.25, 0.3) is 0 Å². The number of nitrogens with one attached hydrogen (secondary N) is 1. The third-order valence-electron chi connectivity index (χ3n) is 5.21. The highest BCUT2D eigenvalue weighted by Gasteiger charge is 2.52. The van der Waals surface area contributed by atoms with Gasteiger partial charge in [-0.15, -0.1) is 0 Å². The van der Waals surface area contributed by atoms with E-state index >= 15 is 0 Å². The van der Waals surface area contributed by atoms with Crippen LogP contribution in [0.3, 0.4) is 0 Å². The van der Waals surface area contributed by atoms with Crippen molar-refractivity contribution in [1.82, 2.24) is 14.6 Å². The Morgan fingerprint density at radius 3 is 3.00 bits per heavy atom. The third-order valence-corrected chi connectivity index (χ3v) is 6.62. The zero-order valence-electron chi connectivity index (χ0n) is 14.9. The highest BCUT2D eigenvalue weighted by Crippen LogP contribution is 2.42. The molecule has 2 aliphatic heterocycles. The van der Waals surface area contributed by atoms with Crippen LogP contribution in [-0.4, -0.2) is 63.0 Å². The summed E-state index contributed by atoms with van der Waals surface area (Å²) in [7, 11) is -1.48. The van der Waals surface area contributed by atoms with Crippen molar-refractivity contribution in [2.45, 2.75) is 31.9 Å². The SMILES string of the molecule is CCS(=O)(=O)NCC[C@H]1CCOC12CN(Cc1cccnc1OC)C2. The average Bonchev–Trinajstić information content (AvgIpc) is 2.99. The van der Waals surface area contributed by atoms with Crippen LogP contribution in [0.15, 0.2) is 18.3 Å². The van der Waals surface area contributed by atoms with Crippen molar-refractivity contribution in [3.8, 4) is 5.88 Å². The largest absolute Gasteiger partial charge is 0.481 e. The number of rotatable bonds is 8.